The lowest BCUT2D eigenvalue weighted by Gasteiger charge is -2.34. The molecule has 0 saturated carbocycles. The third kappa shape index (κ3) is 7.28. The smallest absolute Gasteiger partial charge is 0.119 e. The van der Waals surface area contributed by atoms with E-state index in [1.54, 1.807) is 0 Å². The van der Waals surface area contributed by atoms with Gasteiger partial charge in [0.15, 0.2) is 0 Å². The van der Waals surface area contributed by atoms with E-state index < -0.39 is 6.10 Å². The number of piperazine rings is 1. The number of aliphatic hydroxyl groups excluding tert-OH is 1. The van der Waals surface area contributed by atoms with E-state index in [1.165, 1.54) is 0 Å². The fourth-order valence-electron chi connectivity index (χ4n) is 3.56. The molecule has 1 heterocycles. The summed E-state index contributed by atoms with van der Waals surface area (Å²) in [6.45, 7) is 9.89. The molecule has 1 aliphatic rings. The van der Waals surface area contributed by atoms with Crippen molar-refractivity contribution in [2.75, 3.05) is 45.9 Å². The highest BCUT2D eigenvalue weighted by molar-refractivity contribution is 6.31. The van der Waals surface area contributed by atoms with E-state index in [-0.39, 0.29) is 0 Å². The number of ether oxygens (including phenoxy) is 1. The maximum Gasteiger partial charge on any atom is 0.119 e. The number of β-amino-alcohol motifs (C(OH)–C–C–N with tert-alkyl or cyclic N) is 1. The minimum Gasteiger partial charge on any atom is -0.491 e. The topological polar surface area (TPSA) is 48.0 Å². The Hall–Kier alpha value is -1.63. The zero-order valence-corrected chi connectivity index (χ0v) is 17.9. The molecule has 1 atom stereocenters. The molecule has 1 fully saturated rings. The second kappa shape index (κ2) is 11.5. The summed E-state index contributed by atoms with van der Waals surface area (Å²) in [5, 5.41) is 14.5. The zero-order valence-electron chi connectivity index (χ0n) is 17.2. The fourth-order valence-corrected chi connectivity index (χ4v) is 3.76. The molecule has 2 aromatic rings. The largest absolute Gasteiger partial charge is 0.491 e. The molecule has 0 aliphatic carbocycles. The molecule has 0 amide bonds. The van der Waals surface area contributed by atoms with E-state index in [4.69, 9.17) is 16.3 Å². The van der Waals surface area contributed by atoms with Gasteiger partial charge in [0.25, 0.3) is 0 Å². The Morgan fingerprint density at radius 3 is 2.55 bits per heavy atom. The second-order valence-electron chi connectivity index (χ2n) is 7.54. The van der Waals surface area contributed by atoms with Crippen molar-refractivity contribution in [2.45, 2.75) is 26.1 Å². The first-order valence-electron chi connectivity index (χ1n) is 10.4. The molecule has 0 unspecified atom stereocenters. The van der Waals surface area contributed by atoms with E-state index in [0.717, 1.165) is 67.7 Å². The molecule has 1 saturated heterocycles. The first kappa shape index (κ1) is 22.1. The molecule has 158 valence electrons. The summed E-state index contributed by atoms with van der Waals surface area (Å²) < 4.78 is 5.84. The Balaban J connectivity index is 1.39. The van der Waals surface area contributed by atoms with Crippen LogP contribution in [0.3, 0.4) is 0 Å². The Morgan fingerprint density at radius 1 is 1.03 bits per heavy atom. The van der Waals surface area contributed by atoms with Gasteiger partial charge >= 0.3 is 0 Å². The van der Waals surface area contributed by atoms with Gasteiger partial charge in [-0.25, -0.2) is 0 Å². The van der Waals surface area contributed by atoms with Crippen molar-refractivity contribution in [1.82, 2.24) is 15.1 Å². The molecule has 29 heavy (non-hydrogen) atoms. The Labute approximate surface area is 179 Å². The van der Waals surface area contributed by atoms with Gasteiger partial charge in [-0.05, 0) is 35.9 Å². The van der Waals surface area contributed by atoms with E-state index >= 15 is 0 Å². The molecule has 3 rings (SSSR count). The molecule has 0 aromatic heterocycles. The number of hydrogen-bond donors (Lipinski definition) is 2. The van der Waals surface area contributed by atoms with Crippen LogP contribution < -0.4 is 10.1 Å². The van der Waals surface area contributed by atoms with E-state index in [9.17, 15) is 5.11 Å². The van der Waals surface area contributed by atoms with E-state index in [1.807, 2.05) is 42.5 Å². The number of hydrogen-bond acceptors (Lipinski definition) is 5. The van der Waals surface area contributed by atoms with Crippen LogP contribution in [-0.4, -0.2) is 66.9 Å². The van der Waals surface area contributed by atoms with Gasteiger partial charge in [0.2, 0.25) is 0 Å². The van der Waals surface area contributed by atoms with Crippen molar-refractivity contribution in [2.24, 2.45) is 0 Å². The number of nitrogens with zero attached hydrogens (tertiary/aromatic N) is 2. The molecule has 5 nitrogen and oxygen atoms in total. The monoisotopic (exact) mass is 417 g/mol. The van der Waals surface area contributed by atoms with Gasteiger partial charge in [-0.2, -0.15) is 0 Å². The lowest BCUT2D eigenvalue weighted by Crippen LogP contribution is -2.49. The average Bonchev–Trinajstić information content (AvgIpc) is 2.74. The minimum atomic E-state index is -0.481. The van der Waals surface area contributed by atoms with Gasteiger partial charge in [0, 0.05) is 50.8 Å². The summed E-state index contributed by atoms with van der Waals surface area (Å²) >= 11 is 6.20. The van der Waals surface area contributed by atoms with Crippen LogP contribution in [0.4, 0.5) is 0 Å². The van der Waals surface area contributed by atoms with Crippen molar-refractivity contribution in [3.63, 3.8) is 0 Å². The van der Waals surface area contributed by atoms with Crippen LogP contribution in [-0.2, 0) is 13.1 Å². The highest BCUT2D eigenvalue weighted by Gasteiger charge is 2.18. The third-order valence-corrected chi connectivity index (χ3v) is 5.69. The van der Waals surface area contributed by atoms with Crippen molar-refractivity contribution in [3.8, 4) is 5.75 Å². The van der Waals surface area contributed by atoms with Crippen LogP contribution >= 0.6 is 11.6 Å². The van der Waals surface area contributed by atoms with Crippen LogP contribution in [0, 0.1) is 0 Å². The molecule has 1 aliphatic heterocycles. The minimum absolute atomic E-state index is 0.310. The van der Waals surface area contributed by atoms with Crippen LogP contribution in [0.1, 0.15) is 18.1 Å². The van der Waals surface area contributed by atoms with Crippen molar-refractivity contribution in [1.29, 1.82) is 0 Å². The first-order chi connectivity index (χ1) is 14.1. The number of likely N-dealkylation sites (N-methyl/N-ethyl adjacent to an activating group) is 1. The second-order valence-corrected chi connectivity index (χ2v) is 7.95. The zero-order chi connectivity index (χ0) is 20.5. The van der Waals surface area contributed by atoms with Crippen LogP contribution in [0.15, 0.2) is 48.5 Å². The van der Waals surface area contributed by atoms with Gasteiger partial charge in [0.1, 0.15) is 18.5 Å². The summed E-state index contributed by atoms with van der Waals surface area (Å²) in [5.74, 6) is 0.789. The average molecular weight is 418 g/mol. The Bertz CT molecular complexity index is 750. The van der Waals surface area contributed by atoms with Gasteiger partial charge in [-0.1, -0.05) is 48.9 Å². The van der Waals surface area contributed by atoms with Gasteiger partial charge in [-0.15, -0.1) is 0 Å². The van der Waals surface area contributed by atoms with Crippen molar-refractivity contribution >= 4 is 11.6 Å². The van der Waals surface area contributed by atoms with Gasteiger partial charge < -0.3 is 20.1 Å². The quantitative estimate of drug-likeness (QED) is 0.622. The maximum absolute atomic E-state index is 10.3. The number of halogens is 1. The maximum atomic E-state index is 10.3. The highest BCUT2D eigenvalue weighted by atomic mass is 35.5. The fraction of sp³-hybridized carbons (Fsp3) is 0.478. The predicted molar refractivity (Wildman–Crippen MR) is 118 cm³/mol. The normalized spacial score (nSPS) is 16.7. The molecule has 6 heteroatoms. The summed E-state index contributed by atoms with van der Waals surface area (Å²) in [6.07, 6.45) is -0.481. The lowest BCUT2D eigenvalue weighted by molar-refractivity contribution is 0.0471. The number of nitrogens with one attached hydrogen (secondary N) is 1. The SMILES string of the molecule is CCN1CCN(C[C@H](O)COc2cccc(CNCc3ccccc3Cl)c2)CC1. The Kier molecular flexibility index (Phi) is 8.77. The molecular weight excluding hydrogens is 386 g/mol. The summed E-state index contributed by atoms with van der Waals surface area (Å²) in [7, 11) is 0. The summed E-state index contributed by atoms with van der Waals surface area (Å²) in [4.78, 5) is 4.75. The van der Waals surface area contributed by atoms with Crippen molar-refractivity contribution in [3.05, 3.63) is 64.7 Å². The summed E-state index contributed by atoms with van der Waals surface area (Å²) in [5.41, 5.74) is 2.23. The number of rotatable bonds is 10. The molecule has 2 aromatic carbocycles. The predicted octanol–water partition coefficient (Wildman–Crippen LogP) is 3.01. The van der Waals surface area contributed by atoms with Crippen molar-refractivity contribution < 1.29 is 9.84 Å². The number of aliphatic hydroxyl groups is 1. The van der Waals surface area contributed by atoms with Crippen LogP contribution in [0.5, 0.6) is 5.75 Å². The molecular formula is C23H32ClN3O2. The molecule has 0 bridgehead atoms. The van der Waals surface area contributed by atoms with Crippen LogP contribution in [0.2, 0.25) is 5.02 Å². The lowest BCUT2D eigenvalue weighted by atomic mass is 10.2. The highest BCUT2D eigenvalue weighted by Crippen LogP contribution is 2.16. The van der Waals surface area contributed by atoms with Crippen LogP contribution in [0.25, 0.3) is 0 Å². The van der Waals surface area contributed by atoms with E-state index in [0.29, 0.717) is 13.2 Å². The standard InChI is InChI=1S/C23H32ClN3O2/c1-2-26-10-12-27(13-11-26)17-21(28)18-29-22-8-5-6-19(14-22)15-25-16-20-7-3-4-9-23(20)24/h3-9,14,21,25,28H,2,10-13,15-18H2,1H3/t21-/m0/s1. The Morgan fingerprint density at radius 2 is 1.79 bits per heavy atom. The third-order valence-electron chi connectivity index (χ3n) is 5.32. The number of benzene rings is 2. The van der Waals surface area contributed by atoms with Gasteiger partial charge in [0.05, 0.1) is 0 Å². The molecule has 0 spiro atoms. The van der Waals surface area contributed by atoms with E-state index in [2.05, 4.69) is 28.1 Å². The first-order valence-corrected chi connectivity index (χ1v) is 10.8. The summed E-state index contributed by atoms with van der Waals surface area (Å²) in [6, 6.07) is 15.9. The van der Waals surface area contributed by atoms with Gasteiger partial charge in [-0.3, -0.25) is 4.90 Å². The molecule has 2 N–H and O–H groups in total. The molecule has 0 radical (unpaired) electrons.